The molecule has 0 aliphatic carbocycles. The van der Waals surface area contributed by atoms with Crippen molar-refractivity contribution in [1.29, 1.82) is 0 Å². The zero-order valence-corrected chi connectivity index (χ0v) is 16.5. The van der Waals surface area contributed by atoms with Crippen LogP contribution in [0.3, 0.4) is 0 Å². The Balaban J connectivity index is 1.64. The molecule has 28 heavy (non-hydrogen) atoms. The molecule has 0 spiro atoms. The number of carbonyl (C=O) groups is 1. The summed E-state index contributed by atoms with van der Waals surface area (Å²) in [6.45, 7) is 4.61. The fraction of sp³-hybridized carbons (Fsp3) is 0.250. The number of sulfonamides is 1. The van der Waals surface area contributed by atoms with Crippen molar-refractivity contribution in [3.63, 3.8) is 0 Å². The number of hydrogen-bond acceptors (Lipinski definition) is 6. The summed E-state index contributed by atoms with van der Waals surface area (Å²) in [6.07, 6.45) is 2.92. The van der Waals surface area contributed by atoms with Gasteiger partial charge in [0.05, 0.1) is 4.90 Å². The average Bonchev–Trinajstić information content (AvgIpc) is 3.17. The van der Waals surface area contributed by atoms with Crippen molar-refractivity contribution in [3.8, 4) is 11.5 Å². The van der Waals surface area contributed by atoms with Gasteiger partial charge in [0, 0.05) is 36.6 Å². The molecule has 2 aromatic carbocycles. The van der Waals surface area contributed by atoms with Crippen LogP contribution in [0.25, 0.3) is 0 Å². The van der Waals surface area contributed by atoms with Crippen LogP contribution in [-0.2, 0) is 10.0 Å². The van der Waals surface area contributed by atoms with E-state index in [2.05, 4.69) is 5.32 Å². The Kier molecular flexibility index (Phi) is 6.01. The average molecular weight is 402 g/mol. The van der Waals surface area contributed by atoms with Gasteiger partial charge in [-0.3, -0.25) is 4.79 Å². The van der Waals surface area contributed by atoms with Crippen molar-refractivity contribution in [2.24, 2.45) is 0 Å². The van der Waals surface area contributed by atoms with E-state index >= 15 is 0 Å². The first-order valence-corrected chi connectivity index (χ1v) is 10.4. The van der Waals surface area contributed by atoms with E-state index < -0.39 is 10.0 Å². The van der Waals surface area contributed by atoms with Gasteiger partial charge < -0.3 is 14.8 Å². The summed E-state index contributed by atoms with van der Waals surface area (Å²) < 4.78 is 36.8. The number of nitrogens with zero attached hydrogens (tertiary/aromatic N) is 1. The van der Waals surface area contributed by atoms with Gasteiger partial charge in [-0.1, -0.05) is 13.8 Å². The Bertz CT molecular complexity index is 980. The van der Waals surface area contributed by atoms with Crippen molar-refractivity contribution >= 4 is 21.5 Å². The Labute approximate surface area is 164 Å². The van der Waals surface area contributed by atoms with Gasteiger partial charge in [0.15, 0.2) is 17.3 Å². The molecule has 1 heterocycles. The first-order valence-electron chi connectivity index (χ1n) is 8.93. The van der Waals surface area contributed by atoms with Crippen LogP contribution < -0.4 is 14.8 Å². The number of allylic oxidation sites excluding steroid dienone is 1. The third-order valence-electron chi connectivity index (χ3n) is 4.34. The van der Waals surface area contributed by atoms with E-state index in [1.807, 2.05) is 0 Å². The summed E-state index contributed by atoms with van der Waals surface area (Å²) in [5.41, 5.74) is 1.16. The molecular formula is C20H22N2O5S. The highest BCUT2D eigenvalue weighted by Crippen LogP contribution is 2.32. The van der Waals surface area contributed by atoms with Crippen LogP contribution in [0.1, 0.15) is 24.2 Å². The number of carbonyl (C=O) groups excluding carboxylic acids is 1. The van der Waals surface area contributed by atoms with Crippen molar-refractivity contribution in [2.75, 3.05) is 25.2 Å². The second-order valence-electron chi connectivity index (χ2n) is 6.02. The van der Waals surface area contributed by atoms with E-state index in [-0.39, 0.29) is 17.5 Å². The van der Waals surface area contributed by atoms with E-state index in [0.29, 0.717) is 35.8 Å². The molecule has 0 aromatic heterocycles. The lowest BCUT2D eigenvalue weighted by Gasteiger charge is -2.18. The molecule has 3 rings (SSSR count). The standard InChI is InChI=1S/C20H22N2O5S/c1-3-22(4-2)28(24,25)17-8-6-16(7-9-17)21-12-11-18(23)15-5-10-19-20(13-15)27-14-26-19/h5-13,21H,3-4,14H2,1-2H3/b12-11+. The van der Waals surface area contributed by atoms with Crippen LogP contribution in [0.5, 0.6) is 11.5 Å². The molecule has 0 saturated heterocycles. The first-order chi connectivity index (χ1) is 13.5. The zero-order chi connectivity index (χ0) is 20.1. The maximum absolute atomic E-state index is 12.5. The molecule has 0 fully saturated rings. The first kappa shape index (κ1) is 19.9. The van der Waals surface area contributed by atoms with E-state index in [1.54, 1.807) is 56.3 Å². The lowest BCUT2D eigenvalue weighted by molar-refractivity contribution is 0.104. The molecule has 0 radical (unpaired) electrons. The number of ketones is 1. The molecule has 0 amide bonds. The normalized spacial score (nSPS) is 13.2. The quantitative estimate of drug-likeness (QED) is 0.539. The SMILES string of the molecule is CCN(CC)S(=O)(=O)c1ccc(N/C=C/C(=O)c2ccc3c(c2)OCO3)cc1. The Hall–Kier alpha value is -2.84. The molecule has 1 N–H and O–H groups in total. The Morgan fingerprint density at radius 2 is 1.75 bits per heavy atom. The minimum atomic E-state index is -3.48. The largest absolute Gasteiger partial charge is 0.454 e. The van der Waals surface area contributed by atoms with Gasteiger partial charge in [0.25, 0.3) is 0 Å². The summed E-state index contributed by atoms with van der Waals surface area (Å²) in [5.74, 6) is 0.988. The third-order valence-corrected chi connectivity index (χ3v) is 6.40. The fourth-order valence-electron chi connectivity index (χ4n) is 2.80. The molecule has 8 heteroatoms. The number of fused-ring (bicyclic) bond motifs is 1. The summed E-state index contributed by atoms with van der Waals surface area (Å²) in [5, 5.41) is 2.97. The minimum absolute atomic E-state index is 0.157. The number of anilines is 1. The smallest absolute Gasteiger partial charge is 0.243 e. The van der Waals surface area contributed by atoms with Crippen LogP contribution in [0.2, 0.25) is 0 Å². The van der Waals surface area contributed by atoms with Crippen LogP contribution in [0, 0.1) is 0 Å². The molecule has 148 valence electrons. The molecule has 1 aliphatic heterocycles. The van der Waals surface area contributed by atoms with Crippen molar-refractivity contribution in [3.05, 3.63) is 60.3 Å². The molecule has 0 atom stereocenters. The monoisotopic (exact) mass is 402 g/mol. The molecule has 2 aromatic rings. The van der Waals surface area contributed by atoms with Crippen LogP contribution in [0.4, 0.5) is 5.69 Å². The lowest BCUT2D eigenvalue weighted by atomic mass is 10.1. The van der Waals surface area contributed by atoms with Gasteiger partial charge in [-0.25, -0.2) is 8.42 Å². The predicted octanol–water partition coefficient (Wildman–Crippen LogP) is 3.25. The molecule has 0 unspecified atom stereocenters. The maximum Gasteiger partial charge on any atom is 0.243 e. The van der Waals surface area contributed by atoms with Gasteiger partial charge in [-0.2, -0.15) is 4.31 Å². The third kappa shape index (κ3) is 4.18. The maximum atomic E-state index is 12.5. The Morgan fingerprint density at radius 3 is 2.43 bits per heavy atom. The number of ether oxygens (including phenoxy) is 2. The highest BCUT2D eigenvalue weighted by molar-refractivity contribution is 7.89. The lowest BCUT2D eigenvalue weighted by Crippen LogP contribution is -2.30. The van der Waals surface area contributed by atoms with Crippen LogP contribution in [-0.4, -0.2) is 38.4 Å². The molecule has 0 saturated carbocycles. The second-order valence-corrected chi connectivity index (χ2v) is 7.96. The van der Waals surface area contributed by atoms with Gasteiger partial charge in [-0.05, 0) is 42.5 Å². The highest BCUT2D eigenvalue weighted by Gasteiger charge is 2.21. The molecule has 7 nitrogen and oxygen atoms in total. The summed E-state index contributed by atoms with van der Waals surface area (Å²) >= 11 is 0. The van der Waals surface area contributed by atoms with E-state index in [4.69, 9.17) is 9.47 Å². The van der Waals surface area contributed by atoms with E-state index in [9.17, 15) is 13.2 Å². The van der Waals surface area contributed by atoms with Gasteiger partial charge >= 0.3 is 0 Å². The van der Waals surface area contributed by atoms with Gasteiger partial charge in [0.2, 0.25) is 16.8 Å². The number of hydrogen-bond donors (Lipinski definition) is 1. The van der Waals surface area contributed by atoms with Gasteiger partial charge in [-0.15, -0.1) is 0 Å². The van der Waals surface area contributed by atoms with Crippen molar-refractivity contribution in [1.82, 2.24) is 4.31 Å². The fourth-order valence-corrected chi connectivity index (χ4v) is 4.25. The van der Waals surface area contributed by atoms with Gasteiger partial charge in [0.1, 0.15) is 0 Å². The van der Waals surface area contributed by atoms with E-state index in [0.717, 1.165) is 0 Å². The van der Waals surface area contributed by atoms with Crippen molar-refractivity contribution in [2.45, 2.75) is 18.7 Å². The topological polar surface area (TPSA) is 84.9 Å². The minimum Gasteiger partial charge on any atom is -0.454 e. The van der Waals surface area contributed by atoms with Crippen molar-refractivity contribution < 1.29 is 22.7 Å². The number of benzene rings is 2. The summed E-state index contributed by atoms with van der Waals surface area (Å²) in [6, 6.07) is 11.4. The Morgan fingerprint density at radius 1 is 1.07 bits per heavy atom. The zero-order valence-electron chi connectivity index (χ0n) is 15.7. The van der Waals surface area contributed by atoms with Crippen LogP contribution >= 0.6 is 0 Å². The molecule has 1 aliphatic rings. The van der Waals surface area contributed by atoms with Crippen LogP contribution in [0.15, 0.2) is 59.6 Å². The van der Waals surface area contributed by atoms with E-state index in [1.165, 1.54) is 16.6 Å². The second kappa shape index (κ2) is 8.45. The summed E-state index contributed by atoms with van der Waals surface area (Å²) in [7, 11) is -3.48. The highest BCUT2D eigenvalue weighted by atomic mass is 32.2. The number of nitrogens with one attached hydrogen (secondary N) is 1. The predicted molar refractivity (Wildman–Crippen MR) is 106 cm³/mol. The molecular weight excluding hydrogens is 380 g/mol. The molecule has 0 bridgehead atoms. The summed E-state index contributed by atoms with van der Waals surface area (Å²) in [4.78, 5) is 12.5. The number of rotatable bonds is 8.